The molecule has 0 aromatic heterocycles. The molecule has 1 atom stereocenters. The van der Waals surface area contributed by atoms with Crippen LogP contribution in [0.1, 0.15) is 0 Å². The zero-order valence-electron chi connectivity index (χ0n) is 6.61. The van der Waals surface area contributed by atoms with Gasteiger partial charge in [-0.05, 0) is 0 Å². The maximum absolute atomic E-state index is 11.8. The zero-order valence-corrected chi connectivity index (χ0v) is 6.61. The highest BCUT2D eigenvalue weighted by Crippen LogP contribution is 2.22. The van der Waals surface area contributed by atoms with Gasteiger partial charge in [-0.1, -0.05) is 0 Å². The van der Waals surface area contributed by atoms with Gasteiger partial charge >= 0.3 is 24.2 Å². The summed E-state index contributed by atoms with van der Waals surface area (Å²) in [5.41, 5.74) is 0. The van der Waals surface area contributed by atoms with Crippen molar-refractivity contribution >= 4 is 11.9 Å². The largest absolute Gasteiger partial charge is 0.479 e. The normalized spacial score (nSPS) is 14.5. The van der Waals surface area contributed by atoms with E-state index in [9.17, 15) is 35.9 Å². The van der Waals surface area contributed by atoms with Crippen LogP contribution in [0, 0.1) is 0 Å². The van der Waals surface area contributed by atoms with Gasteiger partial charge in [-0.25, -0.2) is 4.79 Å². The van der Waals surface area contributed by atoms with Crippen molar-refractivity contribution in [2.75, 3.05) is 0 Å². The lowest BCUT2D eigenvalue weighted by molar-refractivity contribution is -0.194. The van der Waals surface area contributed by atoms with Gasteiger partial charge in [-0.2, -0.15) is 26.3 Å². The number of carboxylic acid groups (broad SMARTS) is 1. The summed E-state index contributed by atoms with van der Waals surface area (Å²) in [7, 11) is 0. The second-order valence-electron chi connectivity index (χ2n) is 2.28. The number of halogens is 6. The fourth-order valence-corrected chi connectivity index (χ4v) is 0.497. The van der Waals surface area contributed by atoms with Crippen molar-refractivity contribution in [2.24, 2.45) is 0 Å². The second-order valence-corrected chi connectivity index (χ2v) is 2.28. The van der Waals surface area contributed by atoms with Crippen molar-refractivity contribution in [3.05, 3.63) is 0 Å². The number of carbonyl (C=O) groups excluding carboxylic acids is 1. The molecule has 0 radical (unpaired) electrons. The monoisotopic (exact) mass is 239 g/mol. The topological polar surface area (TPSA) is 66.4 Å². The Labute approximate surface area is 77.9 Å². The minimum Gasteiger partial charge on any atom is -0.479 e. The van der Waals surface area contributed by atoms with Crippen molar-refractivity contribution in [1.29, 1.82) is 0 Å². The molecule has 0 aliphatic rings. The highest BCUT2D eigenvalue weighted by molar-refractivity contribution is 5.87. The molecular weight excluding hydrogens is 236 g/mol. The van der Waals surface area contributed by atoms with Crippen molar-refractivity contribution in [3.63, 3.8) is 0 Å². The lowest BCUT2D eigenvalue weighted by Crippen LogP contribution is -2.54. The number of carboxylic acids is 1. The fraction of sp³-hybridized carbons (Fsp3) is 0.600. The van der Waals surface area contributed by atoms with E-state index in [4.69, 9.17) is 5.11 Å². The Balaban J connectivity index is 4.74. The summed E-state index contributed by atoms with van der Waals surface area (Å²) < 4.78 is 69.7. The molecule has 4 nitrogen and oxygen atoms in total. The van der Waals surface area contributed by atoms with Crippen LogP contribution in [0.4, 0.5) is 26.3 Å². The van der Waals surface area contributed by atoms with E-state index in [-0.39, 0.29) is 0 Å². The van der Waals surface area contributed by atoms with Gasteiger partial charge in [0.05, 0.1) is 0 Å². The van der Waals surface area contributed by atoms with E-state index in [1.165, 1.54) is 0 Å². The van der Waals surface area contributed by atoms with Crippen LogP contribution in [0.25, 0.3) is 0 Å². The van der Waals surface area contributed by atoms with E-state index in [2.05, 4.69) is 0 Å². The first-order valence-corrected chi connectivity index (χ1v) is 3.13. The fourth-order valence-electron chi connectivity index (χ4n) is 0.497. The van der Waals surface area contributed by atoms with Crippen LogP contribution in [0.2, 0.25) is 0 Å². The standard InChI is InChI=1S/C5H3F6NO3/c6-4(7,8)1(2(13)14)12-3(15)5(9,10)11/h1H,(H,12,15)(H,13,14)/t1-/m0/s1. The molecule has 0 spiro atoms. The van der Waals surface area contributed by atoms with Crippen LogP contribution in [0.15, 0.2) is 0 Å². The maximum atomic E-state index is 11.8. The van der Waals surface area contributed by atoms with Crippen LogP contribution in [0.3, 0.4) is 0 Å². The Morgan fingerprint density at radius 3 is 1.67 bits per heavy atom. The zero-order chi connectivity index (χ0) is 12.4. The molecule has 15 heavy (non-hydrogen) atoms. The Morgan fingerprint density at radius 1 is 1.07 bits per heavy atom. The van der Waals surface area contributed by atoms with Crippen molar-refractivity contribution in [2.45, 2.75) is 18.4 Å². The summed E-state index contributed by atoms with van der Waals surface area (Å²) in [4.78, 5) is 19.9. The number of amides is 1. The van der Waals surface area contributed by atoms with E-state index >= 15 is 0 Å². The van der Waals surface area contributed by atoms with Crippen LogP contribution in [-0.2, 0) is 9.59 Å². The SMILES string of the molecule is O=C(O)[C@H](NC(=O)C(F)(F)F)C(F)(F)F. The van der Waals surface area contributed by atoms with E-state index in [1.807, 2.05) is 0 Å². The number of hydrogen-bond acceptors (Lipinski definition) is 2. The lowest BCUT2D eigenvalue weighted by Gasteiger charge is -2.17. The molecule has 1 amide bonds. The van der Waals surface area contributed by atoms with Crippen molar-refractivity contribution in [3.8, 4) is 0 Å². The predicted molar refractivity (Wildman–Crippen MR) is 31.7 cm³/mol. The van der Waals surface area contributed by atoms with E-state index < -0.39 is 30.3 Å². The molecule has 0 saturated carbocycles. The predicted octanol–water partition coefficient (Wildman–Crippen LogP) is 0.680. The van der Waals surface area contributed by atoms with E-state index in [1.54, 1.807) is 0 Å². The van der Waals surface area contributed by atoms with Gasteiger partial charge in [-0.3, -0.25) is 4.79 Å². The third-order valence-electron chi connectivity index (χ3n) is 1.11. The van der Waals surface area contributed by atoms with E-state index in [0.29, 0.717) is 5.32 Å². The quantitative estimate of drug-likeness (QED) is 0.696. The number of rotatable bonds is 2. The molecule has 0 aliphatic carbocycles. The number of nitrogens with one attached hydrogen (secondary N) is 1. The molecular formula is C5H3F6NO3. The van der Waals surface area contributed by atoms with Gasteiger partial charge < -0.3 is 10.4 Å². The molecule has 0 rings (SSSR count). The van der Waals surface area contributed by atoms with Gasteiger partial charge in [0, 0.05) is 0 Å². The van der Waals surface area contributed by atoms with Crippen LogP contribution >= 0.6 is 0 Å². The molecule has 0 aliphatic heterocycles. The minimum absolute atomic E-state index is 0.308. The first-order chi connectivity index (χ1) is 6.46. The first kappa shape index (κ1) is 13.5. The third kappa shape index (κ3) is 4.04. The van der Waals surface area contributed by atoms with Crippen molar-refractivity contribution < 1.29 is 41.0 Å². The average molecular weight is 239 g/mol. The molecule has 0 fully saturated rings. The Bertz CT molecular complexity index is 269. The summed E-state index contributed by atoms with van der Waals surface area (Å²) in [6.07, 6.45) is -11.1. The Hall–Kier alpha value is -1.48. The Kier molecular flexibility index (Phi) is 3.56. The molecule has 0 unspecified atom stereocenters. The molecule has 88 valence electrons. The molecule has 0 aromatic rings. The summed E-state index contributed by atoms with van der Waals surface area (Å²) in [6.45, 7) is 0. The van der Waals surface area contributed by atoms with Crippen LogP contribution in [-0.4, -0.2) is 35.4 Å². The number of carbonyl (C=O) groups is 2. The Morgan fingerprint density at radius 2 is 1.47 bits per heavy atom. The third-order valence-corrected chi connectivity index (χ3v) is 1.11. The summed E-state index contributed by atoms with van der Waals surface area (Å²) in [6, 6.07) is -3.58. The second kappa shape index (κ2) is 3.95. The highest BCUT2D eigenvalue weighted by atomic mass is 19.4. The lowest BCUT2D eigenvalue weighted by atomic mass is 10.3. The molecule has 2 N–H and O–H groups in total. The number of alkyl halides is 6. The smallest absolute Gasteiger partial charge is 0.471 e. The van der Waals surface area contributed by atoms with E-state index in [0.717, 1.165) is 0 Å². The summed E-state index contributed by atoms with van der Waals surface area (Å²) in [5.74, 6) is -5.59. The van der Waals surface area contributed by atoms with Crippen molar-refractivity contribution in [1.82, 2.24) is 5.32 Å². The molecule has 0 bridgehead atoms. The number of hydrogen-bond donors (Lipinski definition) is 2. The van der Waals surface area contributed by atoms with Gasteiger partial charge in [0.1, 0.15) is 0 Å². The highest BCUT2D eigenvalue weighted by Gasteiger charge is 2.50. The molecule has 0 saturated heterocycles. The average Bonchev–Trinajstić information content (AvgIpc) is 1.94. The molecule has 0 aromatic carbocycles. The van der Waals surface area contributed by atoms with Gasteiger partial charge in [0.2, 0.25) is 6.04 Å². The molecule has 0 heterocycles. The number of aliphatic carboxylic acids is 1. The summed E-state index contributed by atoms with van der Waals surface area (Å²) in [5, 5.41) is 8.23. The minimum atomic E-state index is -5.57. The van der Waals surface area contributed by atoms with Gasteiger partial charge in [0.15, 0.2) is 0 Å². The van der Waals surface area contributed by atoms with Gasteiger partial charge in [-0.15, -0.1) is 0 Å². The van der Waals surface area contributed by atoms with Crippen LogP contribution < -0.4 is 5.32 Å². The maximum Gasteiger partial charge on any atom is 0.471 e. The van der Waals surface area contributed by atoms with Crippen LogP contribution in [0.5, 0.6) is 0 Å². The summed E-state index contributed by atoms with van der Waals surface area (Å²) >= 11 is 0. The molecule has 10 heteroatoms. The first-order valence-electron chi connectivity index (χ1n) is 3.13. The van der Waals surface area contributed by atoms with Gasteiger partial charge in [0.25, 0.3) is 0 Å².